The minimum atomic E-state index is -5.70. The molecule has 1 atom stereocenters. The van der Waals surface area contributed by atoms with Crippen LogP contribution >= 0.6 is 0 Å². The number of nitriles is 2. The van der Waals surface area contributed by atoms with E-state index in [0.29, 0.717) is 6.42 Å². The SMILES string of the molecule is CCCCCCCCCCCCC(F)(C(F)(F)F)S(=O)(=O)C(C#N)C#N.[K+]. The van der Waals surface area contributed by atoms with Crippen LogP contribution in [0.5, 0.6) is 0 Å². The molecule has 0 aliphatic heterocycles. The van der Waals surface area contributed by atoms with E-state index in [-0.39, 0.29) is 64.2 Å². The predicted octanol–water partition coefficient (Wildman–Crippen LogP) is 2.36. The molecule has 0 radical (unpaired) electrons. The Morgan fingerprint density at radius 3 is 1.52 bits per heavy atom. The molecule has 0 spiro atoms. The Morgan fingerprint density at radius 1 is 0.815 bits per heavy atom. The van der Waals surface area contributed by atoms with Crippen molar-refractivity contribution in [2.45, 2.75) is 94.0 Å². The number of unbranched alkanes of at least 4 members (excludes halogenated alkanes) is 9. The molecule has 0 aromatic heterocycles. The molecule has 0 aliphatic carbocycles. The number of hydrogen-bond donors (Lipinski definition) is 0. The molecule has 0 saturated heterocycles. The van der Waals surface area contributed by atoms with Gasteiger partial charge >= 0.3 is 62.6 Å². The van der Waals surface area contributed by atoms with E-state index in [2.05, 4.69) is 6.92 Å². The molecule has 0 N–H and O–H groups in total. The van der Waals surface area contributed by atoms with Crippen LogP contribution in [0.4, 0.5) is 17.6 Å². The minimum absolute atomic E-state index is 0. The average molecular weight is 438 g/mol. The molecule has 150 valence electrons. The van der Waals surface area contributed by atoms with Crippen LogP contribution in [0.25, 0.3) is 0 Å². The molecule has 0 rings (SSSR count). The molecule has 27 heavy (non-hydrogen) atoms. The second kappa shape index (κ2) is 14.3. The molecular weight excluding hydrogens is 411 g/mol. The average Bonchev–Trinajstić information content (AvgIpc) is 2.56. The van der Waals surface area contributed by atoms with Crippen molar-refractivity contribution in [2.75, 3.05) is 0 Å². The first-order valence-electron chi connectivity index (χ1n) is 8.86. The standard InChI is InChI=1S/C17H26F4N2O2S.K/c1-2-3-4-5-6-7-8-9-10-11-12-16(18,17(19,20)21)26(24,25)15(13-22)14-23;/h15H,2-12H2,1H3;/q;+1. The van der Waals surface area contributed by atoms with E-state index in [4.69, 9.17) is 10.5 Å². The predicted molar refractivity (Wildman–Crippen MR) is 90.3 cm³/mol. The summed E-state index contributed by atoms with van der Waals surface area (Å²) in [6, 6.07) is 1.84. The van der Waals surface area contributed by atoms with Gasteiger partial charge in [0.2, 0.25) is 15.1 Å². The third kappa shape index (κ3) is 9.10. The van der Waals surface area contributed by atoms with Gasteiger partial charge in [-0.2, -0.15) is 23.7 Å². The minimum Gasteiger partial charge on any atom is -0.223 e. The first kappa shape index (κ1) is 29.5. The molecule has 0 heterocycles. The topological polar surface area (TPSA) is 81.7 Å². The third-order valence-corrected chi connectivity index (χ3v) is 6.44. The van der Waals surface area contributed by atoms with Crippen molar-refractivity contribution >= 4 is 9.84 Å². The Morgan fingerprint density at radius 2 is 1.19 bits per heavy atom. The zero-order valence-corrected chi connectivity index (χ0v) is 19.9. The Labute approximate surface area is 202 Å². The monoisotopic (exact) mass is 437 g/mol. The van der Waals surface area contributed by atoms with E-state index in [0.717, 1.165) is 50.7 Å². The fourth-order valence-electron chi connectivity index (χ4n) is 2.64. The molecule has 0 fully saturated rings. The zero-order valence-electron chi connectivity index (χ0n) is 16.0. The van der Waals surface area contributed by atoms with Crippen molar-refractivity contribution in [1.29, 1.82) is 10.5 Å². The van der Waals surface area contributed by atoms with Crippen molar-refractivity contribution in [2.24, 2.45) is 0 Å². The number of rotatable bonds is 13. The van der Waals surface area contributed by atoms with Gasteiger partial charge in [0, 0.05) is 6.42 Å². The molecule has 10 heteroatoms. The van der Waals surface area contributed by atoms with Crippen molar-refractivity contribution in [1.82, 2.24) is 0 Å². The summed E-state index contributed by atoms with van der Waals surface area (Å²) in [5.41, 5.74) is 0. The molecule has 1 unspecified atom stereocenters. The first-order valence-corrected chi connectivity index (χ1v) is 10.4. The Kier molecular flexibility index (Phi) is 15.6. The molecule has 0 aromatic carbocycles. The molecule has 0 amide bonds. The van der Waals surface area contributed by atoms with E-state index in [1.807, 2.05) is 0 Å². The van der Waals surface area contributed by atoms with E-state index in [9.17, 15) is 26.0 Å². The van der Waals surface area contributed by atoms with Crippen LogP contribution in [0.15, 0.2) is 0 Å². The quantitative estimate of drug-likeness (QED) is 0.252. The van der Waals surface area contributed by atoms with Gasteiger partial charge < -0.3 is 0 Å². The summed E-state index contributed by atoms with van der Waals surface area (Å²) in [5.74, 6) is 0. The van der Waals surface area contributed by atoms with Crippen molar-refractivity contribution in [3.05, 3.63) is 0 Å². The third-order valence-electron chi connectivity index (χ3n) is 4.27. The molecule has 0 saturated carbocycles. The van der Waals surface area contributed by atoms with Gasteiger partial charge in [0.1, 0.15) is 0 Å². The fraction of sp³-hybridized carbons (Fsp3) is 0.882. The maximum atomic E-state index is 14.4. The smallest absolute Gasteiger partial charge is 0.223 e. The summed E-state index contributed by atoms with van der Waals surface area (Å²) in [4.78, 5) is 0. The van der Waals surface area contributed by atoms with Gasteiger partial charge in [0.15, 0.2) is 0 Å². The van der Waals surface area contributed by atoms with Gasteiger partial charge in [-0.25, -0.2) is 12.8 Å². The van der Waals surface area contributed by atoms with Gasteiger partial charge in [-0.1, -0.05) is 64.7 Å². The van der Waals surface area contributed by atoms with Crippen LogP contribution in [-0.4, -0.2) is 24.8 Å². The molecule has 0 aliphatic rings. The van der Waals surface area contributed by atoms with Gasteiger partial charge in [-0.05, 0) is 6.42 Å². The second-order valence-electron chi connectivity index (χ2n) is 6.34. The summed E-state index contributed by atoms with van der Waals surface area (Å²) in [7, 11) is -5.64. The van der Waals surface area contributed by atoms with E-state index >= 15 is 0 Å². The van der Waals surface area contributed by atoms with Crippen LogP contribution in [0.1, 0.15) is 77.6 Å². The number of sulfone groups is 1. The molecule has 4 nitrogen and oxygen atoms in total. The summed E-state index contributed by atoms with van der Waals surface area (Å²) in [6.45, 7) is 2.11. The van der Waals surface area contributed by atoms with Crippen molar-refractivity contribution in [3.63, 3.8) is 0 Å². The second-order valence-corrected chi connectivity index (χ2v) is 8.55. The molecule has 0 aromatic rings. The van der Waals surface area contributed by atoms with E-state index in [1.54, 1.807) is 0 Å². The van der Waals surface area contributed by atoms with Gasteiger partial charge in [-0.15, -0.1) is 0 Å². The van der Waals surface area contributed by atoms with Crippen LogP contribution in [-0.2, 0) is 9.84 Å². The molecular formula is C17H26F4KN2O2S+. The van der Waals surface area contributed by atoms with Gasteiger partial charge in [-0.3, -0.25) is 0 Å². The number of hydrogen-bond acceptors (Lipinski definition) is 4. The Balaban J connectivity index is 0. The summed E-state index contributed by atoms with van der Waals surface area (Å²) in [5, 5.41) is 9.85. The summed E-state index contributed by atoms with van der Waals surface area (Å²) in [6.07, 6.45) is 0.925. The van der Waals surface area contributed by atoms with E-state index < -0.39 is 32.7 Å². The van der Waals surface area contributed by atoms with Crippen molar-refractivity contribution < 1.29 is 77.4 Å². The largest absolute Gasteiger partial charge is 1.00 e. The maximum absolute atomic E-state index is 14.4. The summed E-state index contributed by atoms with van der Waals surface area (Å²) < 4.78 is 77.2. The number of nitrogens with zero attached hydrogens (tertiary/aromatic N) is 2. The number of halogens is 4. The van der Waals surface area contributed by atoms with Crippen LogP contribution in [0.3, 0.4) is 0 Å². The number of alkyl halides is 4. The molecule has 0 bridgehead atoms. The van der Waals surface area contributed by atoms with Crippen molar-refractivity contribution in [3.8, 4) is 12.1 Å². The first-order chi connectivity index (χ1) is 12.1. The normalized spacial score (nSPS) is 14.1. The summed E-state index contributed by atoms with van der Waals surface area (Å²) >= 11 is 0. The van der Waals surface area contributed by atoms with Gasteiger partial charge in [0.05, 0.1) is 12.1 Å². The Bertz CT molecular complexity index is 586. The zero-order chi connectivity index (χ0) is 20.3. The maximum Gasteiger partial charge on any atom is 1.00 e. The van der Waals surface area contributed by atoms with E-state index in [1.165, 1.54) is 6.42 Å². The van der Waals surface area contributed by atoms with Crippen LogP contribution < -0.4 is 51.4 Å². The fourth-order valence-corrected chi connectivity index (χ4v) is 4.04. The van der Waals surface area contributed by atoms with Crippen LogP contribution in [0, 0.1) is 22.7 Å². The Hall–Kier alpha value is 0.286. The van der Waals surface area contributed by atoms with Crippen LogP contribution in [0.2, 0.25) is 0 Å². The van der Waals surface area contributed by atoms with Gasteiger partial charge in [0.25, 0.3) is 0 Å².